The third-order valence-electron chi connectivity index (χ3n) is 4.26. The predicted octanol–water partition coefficient (Wildman–Crippen LogP) is 1.76. The molecule has 0 saturated carbocycles. The van der Waals surface area contributed by atoms with Crippen molar-refractivity contribution in [3.63, 3.8) is 0 Å². The van der Waals surface area contributed by atoms with Gasteiger partial charge >= 0.3 is 0 Å². The summed E-state index contributed by atoms with van der Waals surface area (Å²) in [5, 5.41) is 7.16. The maximum absolute atomic E-state index is 12.3. The van der Waals surface area contributed by atoms with Crippen LogP contribution < -0.4 is 5.32 Å². The Morgan fingerprint density at radius 1 is 1.50 bits per heavy atom. The first-order valence-corrected chi connectivity index (χ1v) is 7.64. The van der Waals surface area contributed by atoms with Crippen LogP contribution in [0, 0.1) is 5.92 Å². The van der Waals surface area contributed by atoms with Gasteiger partial charge in [0.25, 0.3) is 11.7 Å². The molecule has 0 aromatic carbocycles. The van der Waals surface area contributed by atoms with E-state index in [1.165, 1.54) is 12.8 Å². The Hall–Kier alpha value is -1.43. The highest BCUT2D eigenvalue weighted by Gasteiger charge is 2.30. The highest BCUT2D eigenvalue weighted by Crippen LogP contribution is 2.24. The van der Waals surface area contributed by atoms with Gasteiger partial charge in [0.05, 0.1) is 6.04 Å². The first-order chi connectivity index (χ1) is 9.78. The number of carbonyl (C=O) groups excluding carboxylic acids is 1. The van der Waals surface area contributed by atoms with Gasteiger partial charge in [-0.05, 0) is 38.1 Å². The van der Waals surface area contributed by atoms with Crippen molar-refractivity contribution in [1.82, 2.24) is 20.4 Å². The van der Waals surface area contributed by atoms with Gasteiger partial charge in [-0.15, -0.1) is 0 Å². The standard InChI is InChI=1S/C14H22N4O2/c1-2-4-10-6-8-18(9-10)14(19)12-16-13(20-17-12)11-5-3-7-15-11/h10-11,15H,2-9H2,1H3. The minimum atomic E-state index is -0.0865. The normalized spacial score (nSPS) is 26.4. The van der Waals surface area contributed by atoms with Crippen LogP contribution in [-0.4, -0.2) is 40.6 Å². The Morgan fingerprint density at radius 2 is 2.40 bits per heavy atom. The van der Waals surface area contributed by atoms with Gasteiger partial charge in [0, 0.05) is 13.1 Å². The van der Waals surface area contributed by atoms with E-state index in [-0.39, 0.29) is 17.8 Å². The Labute approximate surface area is 118 Å². The van der Waals surface area contributed by atoms with Crippen LogP contribution in [0.5, 0.6) is 0 Å². The number of carbonyl (C=O) groups is 1. The maximum atomic E-state index is 12.3. The van der Waals surface area contributed by atoms with E-state index in [0.717, 1.165) is 38.9 Å². The topological polar surface area (TPSA) is 71.3 Å². The molecule has 3 rings (SSSR count). The van der Waals surface area contributed by atoms with Gasteiger partial charge in [-0.3, -0.25) is 4.79 Å². The van der Waals surface area contributed by atoms with E-state index in [0.29, 0.717) is 11.8 Å². The van der Waals surface area contributed by atoms with Gasteiger partial charge in [0.1, 0.15) is 0 Å². The molecule has 2 saturated heterocycles. The van der Waals surface area contributed by atoms with E-state index < -0.39 is 0 Å². The average molecular weight is 278 g/mol. The monoisotopic (exact) mass is 278 g/mol. The summed E-state index contributed by atoms with van der Waals surface area (Å²) in [4.78, 5) is 18.5. The van der Waals surface area contributed by atoms with Crippen LogP contribution in [0.1, 0.15) is 61.6 Å². The van der Waals surface area contributed by atoms with Crippen molar-refractivity contribution in [2.75, 3.05) is 19.6 Å². The fourth-order valence-electron chi connectivity index (χ4n) is 3.16. The number of nitrogens with zero attached hydrogens (tertiary/aromatic N) is 3. The summed E-state index contributed by atoms with van der Waals surface area (Å²) in [6.45, 7) is 4.80. The van der Waals surface area contributed by atoms with E-state index in [9.17, 15) is 4.79 Å². The second kappa shape index (κ2) is 5.91. The Balaban J connectivity index is 1.62. The molecule has 0 spiro atoms. The summed E-state index contributed by atoms with van der Waals surface area (Å²) in [7, 11) is 0. The zero-order valence-corrected chi connectivity index (χ0v) is 12.0. The molecule has 0 radical (unpaired) electrons. The van der Waals surface area contributed by atoms with Crippen molar-refractivity contribution in [1.29, 1.82) is 0 Å². The van der Waals surface area contributed by atoms with Gasteiger partial charge in [0.2, 0.25) is 5.89 Å². The molecule has 6 nitrogen and oxygen atoms in total. The van der Waals surface area contributed by atoms with E-state index in [1.54, 1.807) is 0 Å². The maximum Gasteiger partial charge on any atom is 0.295 e. The molecule has 2 unspecified atom stereocenters. The molecule has 2 atom stereocenters. The summed E-state index contributed by atoms with van der Waals surface area (Å²) in [6.07, 6.45) is 5.56. The number of hydrogen-bond donors (Lipinski definition) is 1. The number of amides is 1. The average Bonchev–Trinajstić information content (AvgIpc) is 3.19. The van der Waals surface area contributed by atoms with Crippen molar-refractivity contribution in [2.45, 2.75) is 45.1 Å². The van der Waals surface area contributed by atoms with Crippen molar-refractivity contribution in [3.8, 4) is 0 Å². The largest absolute Gasteiger partial charge is 0.337 e. The van der Waals surface area contributed by atoms with Gasteiger partial charge in [0.15, 0.2) is 0 Å². The van der Waals surface area contributed by atoms with Crippen molar-refractivity contribution >= 4 is 5.91 Å². The predicted molar refractivity (Wildman–Crippen MR) is 73.2 cm³/mol. The van der Waals surface area contributed by atoms with E-state index in [1.807, 2.05) is 4.90 Å². The summed E-state index contributed by atoms with van der Waals surface area (Å²) < 4.78 is 5.23. The third kappa shape index (κ3) is 2.70. The lowest BCUT2D eigenvalue weighted by Gasteiger charge is -2.13. The van der Waals surface area contributed by atoms with Crippen LogP contribution in [0.15, 0.2) is 4.52 Å². The summed E-state index contributed by atoms with van der Waals surface area (Å²) >= 11 is 0. The van der Waals surface area contributed by atoms with E-state index >= 15 is 0 Å². The van der Waals surface area contributed by atoms with Crippen LogP contribution in [0.3, 0.4) is 0 Å². The molecule has 3 heterocycles. The van der Waals surface area contributed by atoms with Gasteiger partial charge < -0.3 is 14.7 Å². The van der Waals surface area contributed by atoms with Crippen LogP contribution in [0.2, 0.25) is 0 Å². The molecule has 6 heteroatoms. The Bertz CT molecular complexity index is 467. The molecule has 1 aromatic heterocycles. The van der Waals surface area contributed by atoms with Crippen LogP contribution >= 0.6 is 0 Å². The summed E-state index contributed by atoms with van der Waals surface area (Å²) in [5.74, 6) is 1.31. The minimum Gasteiger partial charge on any atom is -0.337 e. The molecule has 2 aliphatic rings. The van der Waals surface area contributed by atoms with Crippen LogP contribution in [0.4, 0.5) is 0 Å². The number of aromatic nitrogens is 2. The fourth-order valence-corrected chi connectivity index (χ4v) is 3.16. The van der Waals surface area contributed by atoms with Gasteiger partial charge in [-0.25, -0.2) is 0 Å². The van der Waals surface area contributed by atoms with Crippen LogP contribution in [0.25, 0.3) is 0 Å². The van der Waals surface area contributed by atoms with Crippen molar-refractivity contribution in [2.24, 2.45) is 5.92 Å². The molecular weight excluding hydrogens is 256 g/mol. The Morgan fingerprint density at radius 3 is 3.15 bits per heavy atom. The molecule has 1 N–H and O–H groups in total. The van der Waals surface area contributed by atoms with Gasteiger partial charge in [-0.2, -0.15) is 4.98 Å². The summed E-state index contributed by atoms with van der Waals surface area (Å²) in [5.41, 5.74) is 0. The van der Waals surface area contributed by atoms with Crippen molar-refractivity contribution < 1.29 is 9.32 Å². The molecule has 0 aliphatic carbocycles. The lowest BCUT2D eigenvalue weighted by Crippen LogP contribution is -2.29. The highest BCUT2D eigenvalue weighted by molar-refractivity contribution is 5.90. The SMILES string of the molecule is CCCC1CCN(C(=O)c2noc(C3CCCN3)n2)C1. The quantitative estimate of drug-likeness (QED) is 0.908. The van der Waals surface area contributed by atoms with E-state index in [4.69, 9.17) is 4.52 Å². The van der Waals surface area contributed by atoms with E-state index in [2.05, 4.69) is 22.4 Å². The molecular formula is C14H22N4O2. The van der Waals surface area contributed by atoms with Crippen LogP contribution in [-0.2, 0) is 0 Å². The molecule has 0 bridgehead atoms. The molecule has 20 heavy (non-hydrogen) atoms. The summed E-state index contributed by atoms with van der Waals surface area (Å²) in [6, 6.07) is 0.121. The van der Waals surface area contributed by atoms with Gasteiger partial charge in [-0.1, -0.05) is 18.5 Å². The number of hydrogen-bond acceptors (Lipinski definition) is 5. The Kier molecular flexibility index (Phi) is 4.00. The zero-order chi connectivity index (χ0) is 13.9. The number of rotatable bonds is 4. The third-order valence-corrected chi connectivity index (χ3v) is 4.26. The number of nitrogens with one attached hydrogen (secondary N) is 1. The first kappa shape index (κ1) is 13.5. The lowest BCUT2D eigenvalue weighted by atomic mass is 10.0. The first-order valence-electron chi connectivity index (χ1n) is 7.64. The molecule has 2 aliphatic heterocycles. The molecule has 2 fully saturated rings. The second-order valence-electron chi connectivity index (χ2n) is 5.80. The van der Waals surface area contributed by atoms with Crippen molar-refractivity contribution in [3.05, 3.63) is 11.7 Å². The highest BCUT2D eigenvalue weighted by atomic mass is 16.5. The molecule has 1 aromatic rings. The smallest absolute Gasteiger partial charge is 0.295 e. The number of likely N-dealkylation sites (tertiary alicyclic amines) is 1. The second-order valence-corrected chi connectivity index (χ2v) is 5.80. The fraction of sp³-hybridized carbons (Fsp3) is 0.786. The zero-order valence-electron chi connectivity index (χ0n) is 12.0. The molecule has 1 amide bonds. The minimum absolute atomic E-state index is 0.0865. The lowest BCUT2D eigenvalue weighted by molar-refractivity contribution is 0.0771. The molecule has 110 valence electrons.